The summed E-state index contributed by atoms with van der Waals surface area (Å²) in [5.74, 6) is 4.74. The maximum Gasteiger partial charge on any atom is 0.229 e. The van der Waals surface area contributed by atoms with Gasteiger partial charge in [0, 0.05) is 11.8 Å². The topological polar surface area (TPSA) is 51.0 Å². The van der Waals surface area contributed by atoms with Crippen LogP contribution in [0.25, 0.3) is 0 Å². The third kappa shape index (κ3) is 1.39. The SMILES string of the molecule is C1CC1c1nc(C2CC3CNCC3C2)no1. The molecule has 16 heavy (non-hydrogen) atoms. The molecule has 2 saturated carbocycles. The quantitative estimate of drug-likeness (QED) is 0.822. The Morgan fingerprint density at radius 2 is 1.81 bits per heavy atom. The number of aromatic nitrogens is 2. The van der Waals surface area contributed by atoms with Gasteiger partial charge in [0.2, 0.25) is 5.89 Å². The Balaban J connectivity index is 1.52. The molecule has 86 valence electrons. The predicted molar refractivity (Wildman–Crippen MR) is 58.1 cm³/mol. The average Bonchev–Trinajstić information content (AvgIpc) is 2.75. The van der Waals surface area contributed by atoms with Gasteiger partial charge in [0.1, 0.15) is 0 Å². The lowest BCUT2D eigenvalue weighted by Crippen LogP contribution is -2.11. The highest BCUT2D eigenvalue weighted by atomic mass is 16.5. The molecule has 1 N–H and O–H groups in total. The number of rotatable bonds is 2. The summed E-state index contributed by atoms with van der Waals surface area (Å²) >= 11 is 0. The number of nitrogens with zero attached hydrogens (tertiary/aromatic N) is 2. The normalized spacial score (nSPS) is 37.9. The summed E-state index contributed by atoms with van der Waals surface area (Å²) in [6.45, 7) is 2.38. The van der Waals surface area contributed by atoms with E-state index in [4.69, 9.17) is 4.52 Å². The Morgan fingerprint density at radius 3 is 2.50 bits per heavy atom. The van der Waals surface area contributed by atoms with Crippen molar-refractivity contribution in [1.82, 2.24) is 15.5 Å². The first kappa shape index (κ1) is 9.16. The van der Waals surface area contributed by atoms with Gasteiger partial charge in [-0.3, -0.25) is 0 Å². The van der Waals surface area contributed by atoms with Crippen LogP contribution < -0.4 is 5.32 Å². The molecule has 3 aliphatic rings. The molecule has 4 heteroatoms. The van der Waals surface area contributed by atoms with Gasteiger partial charge >= 0.3 is 0 Å². The Hall–Kier alpha value is -0.900. The van der Waals surface area contributed by atoms with Gasteiger partial charge in [-0.15, -0.1) is 0 Å². The van der Waals surface area contributed by atoms with Gasteiger partial charge in [-0.2, -0.15) is 4.98 Å². The van der Waals surface area contributed by atoms with E-state index in [9.17, 15) is 0 Å². The van der Waals surface area contributed by atoms with E-state index >= 15 is 0 Å². The van der Waals surface area contributed by atoms with E-state index in [0.29, 0.717) is 11.8 Å². The molecule has 3 fully saturated rings. The molecule has 1 saturated heterocycles. The van der Waals surface area contributed by atoms with Crippen molar-refractivity contribution in [3.63, 3.8) is 0 Å². The molecule has 4 nitrogen and oxygen atoms in total. The molecule has 0 aromatic carbocycles. The third-order valence-electron chi connectivity index (χ3n) is 4.40. The van der Waals surface area contributed by atoms with Crippen LogP contribution in [0.1, 0.15) is 49.2 Å². The van der Waals surface area contributed by atoms with E-state index in [1.54, 1.807) is 0 Å². The molecule has 1 aliphatic heterocycles. The second-order valence-electron chi connectivity index (χ2n) is 5.61. The first-order valence-corrected chi connectivity index (χ1v) is 6.44. The predicted octanol–water partition coefficient (Wildman–Crippen LogP) is 1.66. The largest absolute Gasteiger partial charge is 0.339 e. The molecule has 2 aliphatic carbocycles. The fourth-order valence-corrected chi connectivity index (χ4v) is 3.29. The zero-order valence-electron chi connectivity index (χ0n) is 9.35. The third-order valence-corrected chi connectivity index (χ3v) is 4.40. The van der Waals surface area contributed by atoms with Crippen molar-refractivity contribution in [3.05, 3.63) is 11.7 Å². The van der Waals surface area contributed by atoms with Gasteiger partial charge in [-0.25, -0.2) is 0 Å². The summed E-state index contributed by atoms with van der Waals surface area (Å²) in [5.41, 5.74) is 0. The maximum absolute atomic E-state index is 5.35. The zero-order chi connectivity index (χ0) is 10.5. The van der Waals surface area contributed by atoms with Crippen molar-refractivity contribution in [3.8, 4) is 0 Å². The van der Waals surface area contributed by atoms with Crippen molar-refractivity contribution in [2.24, 2.45) is 11.8 Å². The minimum absolute atomic E-state index is 0.563. The summed E-state index contributed by atoms with van der Waals surface area (Å²) in [7, 11) is 0. The van der Waals surface area contributed by atoms with Gasteiger partial charge in [-0.05, 0) is 50.6 Å². The van der Waals surface area contributed by atoms with Crippen molar-refractivity contribution >= 4 is 0 Å². The van der Waals surface area contributed by atoms with E-state index in [2.05, 4.69) is 15.5 Å². The molecule has 0 spiro atoms. The van der Waals surface area contributed by atoms with Crippen molar-refractivity contribution in [2.75, 3.05) is 13.1 Å². The van der Waals surface area contributed by atoms with Crippen LogP contribution in [0.2, 0.25) is 0 Å². The number of hydrogen-bond donors (Lipinski definition) is 1. The second kappa shape index (κ2) is 3.29. The van der Waals surface area contributed by atoms with Crippen LogP contribution >= 0.6 is 0 Å². The van der Waals surface area contributed by atoms with Crippen LogP contribution in [-0.4, -0.2) is 23.2 Å². The monoisotopic (exact) mass is 219 g/mol. The zero-order valence-corrected chi connectivity index (χ0v) is 9.35. The summed E-state index contributed by atoms with van der Waals surface area (Å²) in [4.78, 5) is 4.58. The summed E-state index contributed by atoms with van der Waals surface area (Å²) in [6, 6.07) is 0. The van der Waals surface area contributed by atoms with Gasteiger partial charge in [0.15, 0.2) is 5.82 Å². The van der Waals surface area contributed by atoms with Crippen LogP contribution in [0.3, 0.4) is 0 Å². The first-order valence-electron chi connectivity index (χ1n) is 6.44. The fourth-order valence-electron chi connectivity index (χ4n) is 3.29. The van der Waals surface area contributed by atoms with Crippen molar-refractivity contribution in [1.29, 1.82) is 0 Å². The van der Waals surface area contributed by atoms with E-state index < -0.39 is 0 Å². The number of nitrogens with one attached hydrogen (secondary N) is 1. The van der Waals surface area contributed by atoms with Gasteiger partial charge in [0.05, 0.1) is 0 Å². The van der Waals surface area contributed by atoms with Gasteiger partial charge in [0.25, 0.3) is 0 Å². The lowest BCUT2D eigenvalue weighted by atomic mass is 10.0. The number of fused-ring (bicyclic) bond motifs is 1. The minimum Gasteiger partial charge on any atom is -0.339 e. The highest BCUT2D eigenvalue weighted by molar-refractivity contribution is 5.08. The average molecular weight is 219 g/mol. The van der Waals surface area contributed by atoms with Crippen LogP contribution in [0.15, 0.2) is 4.52 Å². The van der Waals surface area contributed by atoms with Gasteiger partial charge < -0.3 is 9.84 Å². The molecule has 0 bridgehead atoms. The molecular formula is C12H17N3O. The molecule has 0 amide bonds. The molecule has 4 rings (SSSR count). The standard InChI is InChI=1S/C12H17N3O/c1-2-7(1)12-14-11(15-16-12)8-3-9-5-13-6-10(9)4-8/h7-10,13H,1-6H2. The summed E-state index contributed by atoms with van der Waals surface area (Å²) in [5, 5.41) is 7.65. The van der Waals surface area contributed by atoms with Crippen LogP contribution in [-0.2, 0) is 0 Å². The second-order valence-corrected chi connectivity index (χ2v) is 5.61. The van der Waals surface area contributed by atoms with E-state index in [1.165, 1.54) is 38.8 Å². The lowest BCUT2D eigenvalue weighted by molar-refractivity contribution is 0.369. The van der Waals surface area contributed by atoms with Crippen molar-refractivity contribution < 1.29 is 4.52 Å². The van der Waals surface area contributed by atoms with Crippen molar-refractivity contribution in [2.45, 2.75) is 37.5 Å². The Labute approximate surface area is 94.8 Å². The fraction of sp³-hybridized carbons (Fsp3) is 0.833. The van der Waals surface area contributed by atoms with E-state index in [0.717, 1.165) is 23.6 Å². The van der Waals surface area contributed by atoms with Crippen LogP contribution in [0.4, 0.5) is 0 Å². The Bertz CT molecular complexity index is 387. The molecule has 1 aromatic rings. The Kier molecular flexibility index (Phi) is 1.89. The highest BCUT2D eigenvalue weighted by Gasteiger charge is 2.40. The first-order chi connectivity index (χ1) is 7.90. The molecular weight excluding hydrogens is 202 g/mol. The molecule has 2 atom stereocenters. The maximum atomic E-state index is 5.35. The van der Waals surface area contributed by atoms with E-state index in [-0.39, 0.29) is 0 Å². The highest BCUT2D eigenvalue weighted by Crippen LogP contribution is 2.44. The van der Waals surface area contributed by atoms with E-state index in [1.807, 2.05) is 0 Å². The van der Waals surface area contributed by atoms with Crippen LogP contribution in [0, 0.1) is 11.8 Å². The minimum atomic E-state index is 0.563. The van der Waals surface area contributed by atoms with Gasteiger partial charge in [-0.1, -0.05) is 5.16 Å². The van der Waals surface area contributed by atoms with Crippen LogP contribution in [0.5, 0.6) is 0 Å². The number of hydrogen-bond acceptors (Lipinski definition) is 4. The Morgan fingerprint density at radius 1 is 1.06 bits per heavy atom. The molecule has 1 aromatic heterocycles. The lowest BCUT2D eigenvalue weighted by Gasteiger charge is -2.04. The summed E-state index contributed by atoms with van der Waals surface area (Å²) in [6.07, 6.45) is 4.98. The molecule has 0 radical (unpaired) electrons. The smallest absolute Gasteiger partial charge is 0.229 e. The molecule has 2 unspecified atom stereocenters. The molecule has 2 heterocycles. The summed E-state index contributed by atoms with van der Waals surface area (Å²) < 4.78 is 5.35.